The summed E-state index contributed by atoms with van der Waals surface area (Å²) in [7, 11) is 3.12. The number of hydrogen-bond donors (Lipinski definition) is 2. The van der Waals surface area contributed by atoms with Crippen molar-refractivity contribution in [1.82, 2.24) is 10.7 Å². The van der Waals surface area contributed by atoms with Crippen LogP contribution in [0.5, 0.6) is 11.5 Å². The van der Waals surface area contributed by atoms with Crippen LogP contribution in [0.2, 0.25) is 0 Å². The van der Waals surface area contributed by atoms with Crippen molar-refractivity contribution in [3.05, 3.63) is 23.8 Å². The van der Waals surface area contributed by atoms with E-state index in [4.69, 9.17) is 14.2 Å². The SMILES string of the molecule is CCCOc1ccc(/C=N\NC(=O)C(=O)NCCCOC)cc1OC. The maximum atomic E-state index is 11.6. The molecule has 0 bridgehead atoms. The fourth-order valence-electron chi connectivity index (χ4n) is 1.81. The van der Waals surface area contributed by atoms with Crippen LogP contribution in [0.25, 0.3) is 0 Å². The number of ether oxygens (including phenoxy) is 3. The minimum atomic E-state index is -0.830. The number of nitrogens with one attached hydrogen (secondary N) is 2. The van der Waals surface area contributed by atoms with Gasteiger partial charge in [-0.05, 0) is 36.6 Å². The average molecular weight is 351 g/mol. The van der Waals surface area contributed by atoms with Crippen molar-refractivity contribution in [2.24, 2.45) is 5.10 Å². The van der Waals surface area contributed by atoms with Crippen LogP contribution in [0.4, 0.5) is 0 Å². The Hall–Kier alpha value is -2.61. The van der Waals surface area contributed by atoms with Crippen molar-refractivity contribution >= 4 is 18.0 Å². The monoisotopic (exact) mass is 351 g/mol. The zero-order valence-corrected chi connectivity index (χ0v) is 14.8. The molecular weight excluding hydrogens is 326 g/mol. The van der Waals surface area contributed by atoms with Crippen LogP contribution in [0.1, 0.15) is 25.3 Å². The Bertz CT molecular complexity index is 590. The summed E-state index contributed by atoms with van der Waals surface area (Å²) in [5, 5.41) is 6.24. The molecule has 1 aromatic rings. The molecule has 0 aliphatic rings. The van der Waals surface area contributed by atoms with Crippen molar-refractivity contribution < 1.29 is 23.8 Å². The van der Waals surface area contributed by atoms with E-state index in [1.54, 1.807) is 32.4 Å². The molecule has 0 atom stereocenters. The average Bonchev–Trinajstić information content (AvgIpc) is 2.63. The van der Waals surface area contributed by atoms with Gasteiger partial charge in [0.05, 0.1) is 19.9 Å². The lowest BCUT2D eigenvalue weighted by Gasteiger charge is -2.10. The highest BCUT2D eigenvalue weighted by atomic mass is 16.5. The number of rotatable bonds is 10. The second kappa shape index (κ2) is 11.9. The summed E-state index contributed by atoms with van der Waals surface area (Å²) in [5.74, 6) is -0.363. The number of hydrazone groups is 1. The number of benzene rings is 1. The van der Waals surface area contributed by atoms with Gasteiger partial charge < -0.3 is 19.5 Å². The smallest absolute Gasteiger partial charge is 0.329 e. The van der Waals surface area contributed by atoms with E-state index >= 15 is 0 Å². The number of carbonyl (C=O) groups excluding carboxylic acids is 2. The van der Waals surface area contributed by atoms with E-state index in [1.165, 1.54) is 6.21 Å². The standard InChI is InChI=1S/C17H25N3O5/c1-4-9-25-14-7-6-13(11-15(14)24-3)12-19-20-17(22)16(21)18-8-5-10-23-2/h6-7,11-12H,4-5,8-10H2,1-3H3,(H,18,21)(H,20,22)/b19-12-. The predicted octanol–water partition coefficient (Wildman–Crippen LogP) is 1.09. The molecule has 0 saturated heterocycles. The van der Waals surface area contributed by atoms with E-state index in [1.807, 2.05) is 6.92 Å². The van der Waals surface area contributed by atoms with Gasteiger partial charge in [-0.2, -0.15) is 5.10 Å². The maximum absolute atomic E-state index is 11.6. The number of nitrogens with zero attached hydrogens (tertiary/aromatic N) is 1. The number of hydrogen-bond acceptors (Lipinski definition) is 6. The van der Waals surface area contributed by atoms with Crippen LogP contribution in [0.15, 0.2) is 23.3 Å². The molecule has 2 N–H and O–H groups in total. The van der Waals surface area contributed by atoms with Gasteiger partial charge in [0.2, 0.25) is 0 Å². The summed E-state index contributed by atoms with van der Waals surface area (Å²) in [6.07, 6.45) is 2.94. The number of carbonyl (C=O) groups is 2. The molecule has 0 radical (unpaired) electrons. The first kappa shape index (κ1) is 20.4. The lowest BCUT2D eigenvalue weighted by molar-refractivity contribution is -0.139. The quantitative estimate of drug-likeness (QED) is 0.285. The summed E-state index contributed by atoms with van der Waals surface area (Å²) in [6, 6.07) is 5.26. The molecule has 1 aromatic carbocycles. The van der Waals surface area contributed by atoms with Gasteiger partial charge in [-0.1, -0.05) is 6.92 Å². The first-order valence-corrected chi connectivity index (χ1v) is 8.03. The van der Waals surface area contributed by atoms with E-state index in [9.17, 15) is 9.59 Å². The summed E-state index contributed by atoms with van der Waals surface area (Å²) in [5.41, 5.74) is 2.87. The molecule has 0 heterocycles. The molecule has 0 aromatic heterocycles. The van der Waals surface area contributed by atoms with Crippen molar-refractivity contribution in [3.63, 3.8) is 0 Å². The van der Waals surface area contributed by atoms with E-state index in [-0.39, 0.29) is 0 Å². The topological polar surface area (TPSA) is 98.2 Å². The highest BCUT2D eigenvalue weighted by Gasteiger charge is 2.11. The Labute approximate surface area is 147 Å². The number of methoxy groups -OCH3 is 2. The molecule has 25 heavy (non-hydrogen) atoms. The van der Waals surface area contributed by atoms with E-state index < -0.39 is 11.8 Å². The lowest BCUT2D eigenvalue weighted by atomic mass is 10.2. The van der Waals surface area contributed by atoms with Gasteiger partial charge in [0, 0.05) is 20.3 Å². The Balaban J connectivity index is 2.52. The van der Waals surface area contributed by atoms with Crippen LogP contribution >= 0.6 is 0 Å². The van der Waals surface area contributed by atoms with Crippen LogP contribution in [0, 0.1) is 0 Å². The van der Waals surface area contributed by atoms with Gasteiger partial charge in [0.15, 0.2) is 11.5 Å². The fraction of sp³-hybridized carbons (Fsp3) is 0.471. The predicted molar refractivity (Wildman–Crippen MR) is 94.0 cm³/mol. The third-order valence-electron chi connectivity index (χ3n) is 3.05. The first-order valence-electron chi connectivity index (χ1n) is 8.03. The normalized spacial score (nSPS) is 10.5. The third-order valence-corrected chi connectivity index (χ3v) is 3.05. The summed E-state index contributed by atoms with van der Waals surface area (Å²) in [4.78, 5) is 23.1. The molecule has 2 amide bonds. The zero-order chi connectivity index (χ0) is 18.5. The Kier molecular flexibility index (Phi) is 9.69. The molecule has 1 rings (SSSR count). The van der Waals surface area contributed by atoms with E-state index in [0.717, 1.165) is 6.42 Å². The molecule has 8 heteroatoms. The van der Waals surface area contributed by atoms with Crippen LogP contribution in [-0.4, -0.2) is 52.0 Å². The highest BCUT2D eigenvalue weighted by molar-refractivity contribution is 6.35. The van der Waals surface area contributed by atoms with Gasteiger partial charge in [-0.25, -0.2) is 5.43 Å². The van der Waals surface area contributed by atoms with Crippen molar-refractivity contribution in [3.8, 4) is 11.5 Å². The first-order chi connectivity index (χ1) is 12.1. The van der Waals surface area contributed by atoms with Crippen LogP contribution in [0.3, 0.4) is 0 Å². The Morgan fingerprint density at radius 1 is 1.16 bits per heavy atom. The maximum Gasteiger partial charge on any atom is 0.329 e. The molecule has 0 aliphatic carbocycles. The van der Waals surface area contributed by atoms with Crippen molar-refractivity contribution in [2.45, 2.75) is 19.8 Å². The van der Waals surface area contributed by atoms with E-state index in [2.05, 4.69) is 15.8 Å². The summed E-state index contributed by atoms with van der Waals surface area (Å²) >= 11 is 0. The Morgan fingerprint density at radius 2 is 1.96 bits per heavy atom. The minimum absolute atomic E-state index is 0.361. The molecular formula is C17H25N3O5. The molecule has 138 valence electrons. The minimum Gasteiger partial charge on any atom is -0.493 e. The van der Waals surface area contributed by atoms with Gasteiger partial charge in [-0.3, -0.25) is 9.59 Å². The van der Waals surface area contributed by atoms with Gasteiger partial charge in [0.25, 0.3) is 0 Å². The fourth-order valence-corrected chi connectivity index (χ4v) is 1.81. The van der Waals surface area contributed by atoms with Crippen LogP contribution in [-0.2, 0) is 14.3 Å². The second-order valence-corrected chi connectivity index (χ2v) is 5.06. The van der Waals surface area contributed by atoms with Crippen molar-refractivity contribution in [1.29, 1.82) is 0 Å². The second-order valence-electron chi connectivity index (χ2n) is 5.06. The Morgan fingerprint density at radius 3 is 2.64 bits per heavy atom. The van der Waals surface area contributed by atoms with Gasteiger partial charge in [-0.15, -0.1) is 0 Å². The summed E-state index contributed by atoms with van der Waals surface area (Å²) in [6.45, 7) is 3.49. The van der Waals surface area contributed by atoms with E-state index in [0.29, 0.717) is 43.2 Å². The summed E-state index contributed by atoms with van der Waals surface area (Å²) < 4.78 is 15.7. The molecule has 0 unspecified atom stereocenters. The largest absolute Gasteiger partial charge is 0.493 e. The van der Waals surface area contributed by atoms with Crippen LogP contribution < -0.4 is 20.2 Å². The molecule has 8 nitrogen and oxygen atoms in total. The molecule has 0 aliphatic heterocycles. The molecule has 0 fully saturated rings. The lowest BCUT2D eigenvalue weighted by Crippen LogP contribution is -2.38. The molecule has 0 saturated carbocycles. The van der Waals surface area contributed by atoms with Gasteiger partial charge in [0.1, 0.15) is 0 Å². The van der Waals surface area contributed by atoms with Crippen molar-refractivity contribution in [2.75, 3.05) is 34.0 Å². The van der Waals surface area contributed by atoms with Gasteiger partial charge >= 0.3 is 11.8 Å². The number of amides is 2. The third kappa shape index (κ3) is 7.67. The molecule has 0 spiro atoms. The highest BCUT2D eigenvalue weighted by Crippen LogP contribution is 2.27. The zero-order valence-electron chi connectivity index (χ0n) is 14.8.